The van der Waals surface area contributed by atoms with Crippen LogP contribution in [0.2, 0.25) is 5.02 Å². The molecule has 0 bridgehead atoms. The number of nitrogens with zero attached hydrogens (tertiary/aromatic N) is 3. The molecule has 2 atom stereocenters. The fourth-order valence-corrected chi connectivity index (χ4v) is 3.56. The molecule has 1 aromatic heterocycles. The molecule has 1 N–H and O–H groups in total. The molecule has 26 heavy (non-hydrogen) atoms. The first-order chi connectivity index (χ1) is 12.5. The molecule has 0 radical (unpaired) electrons. The zero-order valence-electron chi connectivity index (χ0n) is 15.0. The summed E-state index contributed by atoms with van der Waals surface area (Å²) in [6.45, 7) is 5.83. The normalized spacial score (nSPS) is 22.7. The van der Waals surface area contributed by atoms with Gasteiger partial charge in [-0.25, -0.2) is 4.98 Å². The van der Waals surface area contributed by atoms with Gasteiger partial charge in [-0.15, -0.1) is 0 Å². The third-order valence-corrected chi connectivity index (χ3v) is 5.25. The molecular formula is C18H25ClN4O3. The molecule has 7 nitrogen and oxygen atoms in total. The van der Waals surface area contributed by atoms with Crippen molar-refractivity contribution in [1.82, 2.24) is 14.8 Å². The van der Waals surface area contributed by atoms with Crippen molar-refractivity contribution in [3.05, 3.63) is 23.4 Å². The van der Waals surface area contributed by atoms with Crippen LogP contribution in [0.15, 0.2) is 18.3 Å². The molecule has 2 amide bonds. The Morgan fingerprint density at radius 1 is 1.31 bits per heavy atom. The number of rotatable bonds is 4. The van der Waals surface area contributed by atoms with Gasteiger partial charge in [-0.05, 0) is 38.4 Å². The van der Waals surface area contributed by atoms with Crippen molar-refractivity contribution in [3.63, 3.8) is 0 Å². The number of amides is 2. The first kappa shape index (κ1) is 19.1. The molecule has 1 aromatic rings. The Bertz CT molecular complexity index is 634. The number of hydrogen-bond acceptors (Lipinski definition) is 5. The van der Waals surface area contributed by atoms with Gasteiger partial charge in [0.2, 0.25) is 11.8 Å². The largest absolute Gasteiger partial charge is 0.378 e. The molecule has 2 aliphatic rings. The Morgan fingerprint density at radius 3 is 2.77 bits per heavy atom. The summed E-state index contributed by atoms with van der Waals surface area (Å²) in [6, 6.07) is 3.04. The van der Waals surface area contributed by atoms with Crippen LogP contribution in [-0.2, 0) is 14.3 Å². The summed E-state index contributed by atoms with van der Waals surface area (Å²) >= 11 is 5.82. The first-order valence-electron chi connectivity index (χ1n) is 9.07. The highest BCUT2D eigenvalue weighted by Crippen LogP contribution is 2.22. The lowest BCUT2D eigenvalue weighted by Gasteiger charge is -2.38. The van der Waals surface area contributed by atoms with Crippen LogP contribution < -0.4 is 5.32 Å². The van der Waals surface area contributed by atoms with E-state index in [0.717, 1.165) is 19.4 Å². The fraction of sp³-hybridized carbons (Fsp3) is 0.611. The second kappa shape index (κ2) is 8.79. The third kappa shape index (κ3) is 4.72. The summed E-state index contributed by atoms with van der Waals surface area (Å²) in [5.41, 5.74) is 0. The number of anilines is 1. The Balaban J connectivity index is 1.56. The van der Waals surface area contributed by atoms with E-state index < -0.39 is 0 Å². The smallest absolute Gasteiger partial charge is 0.242 e. The van der Waals surface area contributed by atoms with Crippen LogP contribution in [0.5, 0.6) is 0 Å². The van der Waals surface area contributed by atoms with Gasteiger partial charge in [-0.1, -0.05) is 11.6 Å². The van der Waals surface area contributed by atoms with Crippen molar-refractivity contribution in [1.29, 1.82) is 0 Å². The Morgan fingerprint density at radius 2 is 2.08 bits per heavy atom. The van der Waals surface area contributed by atoms with E-state index in [4.69, 9.17) is 16.3 Å². The molecule has 0 aromatic carbocycles. The van der Waals surface area contributed by atoms with E-state index in [-0.39, 0.29) is 23.8 Å². The van der Waals surface area contributed by atoms with Crippen LogP contribution in [0.3, 0.4) is 0 Å². The number of halogens is 1. The van der Waals surface area contributed by atoms with Crippen LogP contribution in [0.4, 0.5) is 5.82 Å². The van der Waals surface area contributed by atoms with Gasteiger partial charge in [-0.2, -0.15) is 0 Å². The molecule has 2 aliphatic heterocycles. The van der Waals surface area contributed by atoms with Crippen molar-refractivity contribution in [3.8, 4) is 0 Å². The minimum Gasteiger partial charge on any atom is -0.378 e. The quantitative estimate of drug-likeness (QED) is 0.859. The van der Waals surface area contributed by atoms with Gasteiger partial charge >= 0.3 is 0 Å². The summed E-state index contributed by atoms with van der Waals surface area (Å²) in [6.07, 6.45) is 3.29. The molecule has 3 rings (SSSR count). The molecule has 0 saturated carbocycles. The predicted molar refractivity (Wildman–Crippen MR) is 99.0 cm³/mol. The Labute approximate surface area is 158 Å². The molecule has 2 saturated heterocycles. The van der Waals surface area contributed by atoms with Crippen LogP contribution in [0, 0.1) is 5.92 Å². The number of piperidine rings is 1. The summed E-state index contributed by atoms with van der Waals surface area (Å²) in [7, 11) is 0. The number of pyridine rings is 1. The van der Waals surface area contributed by atoms with E-state index in [9.17, 15) is 9.59 Å². The van der Waals surface area contributed by atoms with Crippen molar-refractivity contribution in [2.45, 2.75) is 25.8 Å². The zero-order chi connectivity index (χ0) is 18.5. The van der Waals surface area contributed by atoms with Gasteiger partial charge in [0.25, 0.3) is 0 Å². The van der Waals surface area contributed by atoms with Crippen molar-refractivity contribution >= 4 is 29.2 Å². The number of hydrogen-bond donors (Lipinski definition) is 1. The topological polar surface area (TPSA) is 74.8 Å². The monoisotopic (exact) mass is 380 g/mol. The number of morpholine rings is 1. The molecule has 3 heterocycles. The zero-order valence-corrected chi connectivity index (χ0v) is 15.7. The summed E-state index contributed by atoms with van der Waals surface area (Å²) < 4.78 is 5.32. The minimum atomic E-state index is -0.326. The van der Waals surface area contributed by atoms with Gasteiger partial charge in [-0.3, -0.25) is 14.5 Å². The molecular weight excluding hydrogens is 356 g/mol. The standard InChI is InChI=1S/C18H25ClN4O3/c1-13(17(24)21-16-5-4-15(19)11-20-16)23-6-2-3-14(12-23)18(25)22-7-9-26-10-8-22/h4-5,11,13-14H,2-3,6-10,12H2,1H3,(H,20,21,24). The van der Waals surface area contributed by atoms with E-state index in [1.165, 1.54) is 6.20 Å². The molecule has 0 spiro atoms. The second-order valence-corrected chi connectivity index (χ2v) is 7.24. The molecule has 142 valence electrons. The minimum absolute atomic E-state index is 0.0502. The number of ether oxygens (including phenoxy) is 1. The fourth-order valence-electron chi connectivity index (χ4n) is 3.45. The highest BCUT2D eigenvalue weighted by molar-refractivity contribution is 6.30. The van der Waals surface area contributed by atoms with Crippen LogP contribution in [0.1, 0.15) is 19.8 Å². The predicted octanol–water partition coefficient (Wildman–Crippen LogP) is 1.63. The van der Waals surface area contributed by atoms with E-state index in [1.807, 2.05) is 11.8 Å². The highest BCUT2D eigenvalue weighted by Gasteiger charge is 2.33. The first-order valence-corrected chi connectivity index (χ1v) is 9.45. The van der Waals surface area contributed by atoms with Crippen molar-refractivity contribution in [2.75, 3.05) is 44.7 Å². The van der Waals surface area contributed by atoms with Gasteiger partial charge in [0.15, 0.2) is 0 Å². The van der Waals surface area contributed by atoms with Crippen LogP contribution in [-0.4, -0.2) is 72.0 Å². The molecule has 0 aliphatic carbocycles. The van der Waals surface area contributed by atoms with Gasteiger partial charge < -0.3 is 15.0 Å². The number of carbonyl (C=O) groups is 2. The third-order valence-electron chi connectivity index (χ3n) is 5.03. The lowest BCUT2D eigenvalue weighted by Crippen LogP contribution is -2.52. The van der Waals surface area contributed by atoms with Crippen LogP contribution in [0.25, 0.3) is 0 Å². The second-order valence-electron chi connectivity index (χ2n) is 6.80. The maximum Gasteiger partial charge on any atom is 0.242 e. The van der Waals surface area contributed by atoms with E-state index in [1.54, 1.807) is 12.1 Å². The van der Waals surface area contributed by atoms with Gasteiger partial charge in [0, 0.05) is 25.8 Å². The maximum absolute atomic E-state index is 12.7. The van der Waals surface area contributed by atoms with Crippen LogP contribution >= 0.6 is 11.6 Å². The lowest BCUT2D eigenvalue weighted by molar-refractivity contribution is -0.142. The van der Waals surface area contributed by atoms with Crippen molar-refractivity contribution in [2.24, 2.45) is 5.92 Å². The Hall–Kier alpha value is -1.70. The van der Waals surface area contributed by atoms with E-state index in [0.29, 0.717) is 43.7 Å². The lowest BCUT2D eigenvalue weighted by atomic mass is 9.95. The van der Waals surface area contributed by atoms with Crippen molar-refractivity contribution < 1.29 is 14.3 Å². The molecule has 2 fully saturated rings. The van der Waals surface area contributed by atoms with Gasteiger partial charge in [0.05, 0.1) is 30.2 Å². The maximum atomic E-state index is 12.7. The average molecular weight is 381 g/mol. The number of aromatic nitrogens is 1. The summed E-state index contributed by atoms with van der Waals surface area (Å²) in [5.74, 6) is 0.485. The average Bonchev–Trinajstić information content (AvgIpc) is 2.69. The van der Waals surface area contributed by atoms with Gasteiger partial charge in [0.1, 0.15) is 5.82 Å². The summed E-state index contributed by atoms with van der Waals surface area (Å²) in [5, 5.41) is 3.34. The molecule has 8 heteroatoms. The van der Waals surface area contributed by atoms with E-state index in [2.05, 4.69) is 15.2 Å². The SMILES string of the molecule is CC(C(=O)Nc1ccc(Cl)cn1)N1CCCC(C(=O)N2CCOCC2)C1. The molecule has 2 unspecified atom stereocenters. The summed E-state index contributed by atoms with van der Waals surface area (Å²) in [4.78, 5) is 33.3. The number of likely N-dealkylation sites (tertiary alicyclic amines) is 1. The number of carbonyl (C=O) groups excluding carboxylic acids is 2. The Kier molecular flexibility index (Phi) is 6.45. The number of nitrogens with one attached hydrogen (secondary N) is 1. The van der Waals surface area contributed by atoms with E-state index >= 15 is 0 Å². The highest BCUT2D eigenvalue weighted by atomic mass is 35.5.